The second kappa shape index (κ2) is 4.41. The van der Waals surface area contributed by atoms with Crippen molar-refractivity contribution < 1.29 is 9.07 Å². The molecule has 2 nitrogen and oxygen atoms in total. The fourth-order valence-corrected chi connectivity index (χ4v) is 3.65. The summed E-state index contributed by atoms with van der Waals surface area (Å²) in [4.78, 5) is 0. The van der Waals surface area contributed by atoms with Crippen LogP contribution in [-0.2, 0) is 11.1 Å². The summed E-state index contributed by atoms with van der Waals surface area (Å²) in [5, 5.41) is 2.02. The number of hydrogen-bond acceptors (Lipinski definition) is 2. The average Bonchev–Trinajstić information content (AvgIpc) is 2.82. The summed E-state index contributed by atoms with van der Waals surface area (Å²) in [5.41, 5.74) is 3.41. The normalized spacial score (nSPS) is 23.7. The Hall–Kier alpha value is -1.19. The van der Waals surface area contributed by atoms with Crippen LogP contribution < -0.4 is 0 Å². The Morgan fingerprint density at radius 1 is 1.33 bits per heavy atom. The average molecular weight is 301 g/mol. The zero-order chi connectivity index (χ0) is 14.8. The molecule has 0 radical (unpaired) electrons. The van der Waals surface area contributed by atoms with Crippen LogP contribution in [0.2, 0.25) is 10.3 Å². The van der Waals surface area contributed by atoms with Crippen LogP contribution in [-0.4, -0.2) is 13.0 Å². The van der Waals surface area contributed by atoms with Crippen LogP contribution in [0.15, 0.2) is 28.7 Å². The van der Waals surface area contributed by atoms with E-state index in [1.165, 1.54) is 11.0 Å². The summed E-state index contributed by atoms with van der Waals surface area (Å²) in [5.74, 6) is 1.07. The van der Waals surface area contributed by atoms with Gasteiger partial charge >= 0.3 is 6.92 Å². The zero-order valence-electron chi connectivity index (χ0n) is 12.6. The standard InChI is InChI=1S/C17H18BClO2/c1-10-17(2,3)18(21-10)13-5-4-6-15-16(13)12-9-11(19)7-8-14(12)20-15/h5,7-10H,4,6H2,1-3H3. The van der Waals surface area contributed by atoms with E-state index in [2.05, 4.69) is 26.8 Å². The highest BCUT2D eigenvalue weighted by atomic mass is 35.5. The second-order valence-electron chi connectivity index (χ2n) is 6.72. The van der Waals surface area contributed by atoms with E-state index in [0.717, 1.165) is 34.6 Å². The van der Waals surface area contributed by atoms with Crippen LogP contribution in [0.5, 0.6) is 0 Å². The molecule has 108 valence electrons. The monoisotopic (exact) mass is 300 g/mol. The summed E-state index contributed by atoms with van der Waals surface area (Å²) in [7, 11) is 0. The number of benzene rings is 1. The Kier molecular flexibility index (Phi) is 2.83. The van der Waals surface area contributed by atoms with Crippen LogP contribution in [0.3, 0.4) is 0 Å². The fourth-order valence-electron chi connectivity index (χ4n) is 3.48. The SMILES string of the molecule is CC1OB(C2=CCCc3oc4ccc(Cl)cc4c32)C1(C)C. The molecular weight excluding hydrogens is 282 g/mol. The molecule has 21 heavy (non-hydrogen) atoms. The van der Waals surface area contributed by atoms with Gasteiger partial charge in [-0.1, -0.05) is 31.5 Å². The van der Waals surface area contributed by atoms with Gasteiger partial charge in [0.15, 0.2) is 0 Å². The van der Waals surface area contributed by atoms with Gasteiger partial charge in [-0.2, -0.15) is 0 Å². The van der Waals surface area contributed by atoms with Crippen molar-refractivity contribution in [3.63, 3.8) is 0 Å². The van der Waals surface area contributed by atoms with E-state index in [9.17, 15) is 0 Å². The van der Waals surface area contributed by atoms with Crippen LogP contribution in [0.4, 0.5) is 0 Å². The number of rotatable bonds is 1. The Labute approximate surface area is 130 Å². The predicted octanol–water partition coefficient (Wildman–Crippen LogP) is 5.15. The summed E-state index contributed by atoms with van der Waals surface area (Å²) in [6, 6.07) is 5.85. The van der Waals surface area contributed by atoms with E-state index in [1.807, 2.05) is 18.2 Å². The molecule has 4 rings (SSSR count). The maximum atomic E-state index is 6.18. The first-order valence-corrected chi connectivity index (χ1v) is 7.93. The van der Waals surface area contributed by atoms with E-state index in [4.69, 9.17) is 20.7 Å². The Morgan fingerprint density at radius 3 is 2.86 bits per heavy atom. The van der Waals surface area contributed by atoms with Crippen molar-refractivity contribution in [1.82, 2.24) is 0 Å². The summed E-state index contributed by atoms with van der Waals surface area (Å²) < 4.78 is 12.1. The molecule has 2 aromatic rings. The summed E-state index contributed by atoms with van der Waals surface area (Å²) in [6.07, 6.45) is 4.57. The minimum absolute atomic E-state index is 0.145. The number of fused-ring (bicyclic) bond motifs is 3. The van der Waals surface area contributed by atoms with Crippen molar-refractivity contribution in [2.45, 2.75) is 45.0 Å². The number of allylic oxidation sites excluding steroid dienone is 1. The third-order valence-electron chi connectivity index (χ3n) is 5.09. The zero-order valence-corrected chi connectivity index (χ0v) is 13.3. The van der Waals surface area contributed by atoms with E-state index < -0.39 is 0 Å². The Bertz CT molecular complexity index is 759. The molecule has 1 aromatic carbocycles. The summed E-state index contributed by atoms with van der Waals surface area (Å²) >= 11 is 6.18. The van der Waals surface area contributed by atoms with Crippen molar-refractivity contribution in [1.29, 1.82) is 0 Å². The largest absolute Gasteiger partial charge is 0.460 e. The molecule has 0 saturated carbocycles. The first kappa shape index (κ1) is 13.5. The van der Waals surface area contributed by atoms with Crippen molar-refractivity contribution in [2.24, 2.45) is 0 Å². The lowest BCUT2D eigenvalue weighted by atomic mass is 9.35. The molecule has 0 N–H and O–H groups in total. The highest BCUT2D eigenvalue weighted by Gasteiger charge is 2.53. The maximum absolute atomic E-state index is 6.18. The van der Waals surface area contributed by atoms with E-state index in [0.29, 0.717) is 0 Å². The van der Waals surface area contributed by atoms with Crippen LogP contribution >= 0.6 is 11.6 Å². The third-order valence-corrected chi connectivity index (χ3v) is 5.33. The van der Waals surface area contributed by atoms with E-state index in [1.54, 1.807) is 0 Å². The quantitative estimate of drug-likeness (QED) is 0.680. The van der Waals surface area contributed by atoms with Gasteiger partial charge in [0, 0.05) is 28.5 Å². The number of halogens is 1. The van der Waals surface area contributed by atoms with Gasteiger partial charge in [-0.15, -0.1) is 0 Å². The molecule has 1 atom stereocenters. The topological polar surface area (TPSA) is 22.4 Å². The molecule has 1 unspecified atom stereocenters. The van der Waals surface area contributed by atoms with Crippen LogP contribution in [0, 0.1) is 0 Å². The van der Waals surface area contributed by atoms with Crippen molar-refractivity contribution in [3.05, 3.63) is 40.6 Å². The van der Waals surface area contributed by atoms with Gasteiger partial charge in [0.05, 0.1) is 0 Å². The first-order chi connectivity index (χ1) is 9.98. The molecule has 1 aliphatic carbocycles. The maximum Gasteiger partial charge on any atom is 0.335 e. The summed E-state index contributed by atoms with van der Waals surface area (Å²) in [6.45, 7) is 6.84. The lowest BCUT2D eigenvalue weighted by Crippen LogP contribution is -2.54. The van der Waals surface area contributed by atoms with Gasteiger partial charge in [0.2, 0.25) is 0 Å². The molecule has 0 bridgehead atoms. The van der Waals surface area contributed by atoms with Gasteiger partial charge in [-0.3, -0.25) is 0 Å². The fraction of sp³-hybridized carbons (Fsp3) is 0.412. The molecule has 1 fully saturated rings. The Morgan fingerprint density at radius 2 is 2.14 bits per heavy atom. The molecule has 4 heteroatoms. The molecular formula is C17H18BClO2. The van der Waals surface area contributed by atoms with E-state index in [-0.39, 0.29) is 18.3 Å². The van der Waals surface area contributed by atoms with Gasteiger partial charge in [-0.05, 0) is 42.3 Å². The third kappa shape index (κ3) is 1.84. The first-order valence-electron chi connectivity index (χ1n) is 7.55. The lowest BCUT2D eigenvalue weighted by Gasteiger charge is -2.49. The van der Waals surface area contributed by atoms with Crippen molar-refractivity contribution in [2.75, 3.05) is 0 Å². The molecule has 1 aliphatic heterocycles. The second-order valence-corrected chi connectivity index (χ2v) is 7.16. The minimum atomic E-state index is 0.145. The smallest absolute Gasteiger partial charge is 0.335 e. The van der Waals surface area contributed by atoms with Gasteiger partial charge in [0.25, 0.3) is 0 Å². The number of furan rings is 1. The highest BCUT2D eigenvalue weighted by molar-refractivity contribution is 6.79. The van der Waals surface area contributed by atoms with Crippen LogP contribution in [0.1, 0.15) is 38.5 Å². The number of aryl methyl sites for hydroxylation is 1. The van der Waals surface area contributed by atoms with Gasteiger partial charge < -0.3 is 9.07 Å². The van der Waals surface area contributed by atoms with Crippen LogP contribution in [0.25, 0.3) is 16.4 Å². The van der Waals surface area contributed by atoms with Gasteiger partial charge in [-0.25, -0.2) is 0 Å². The highest BCUT2D eigenvalue weighted by Crippen LogP contribution is 2.52. The predicted molar refractivity (Wildman–Crippen MR) is 87.9 cm³/mol. The molecule has 1 saturated heterocycles. The number of hydrogen-bond donors (Lipinski definition) is 0. The lowest BCUT2D eigenvalue weighted by molar-refractivity contribution is 0.0945. The Balaban J connectivity index is 1.88. The molecule has 0 amide bonds. The molecule has 2 aliphatic rings. The van der Waals surface area contributed by atoms with E-state index >= 15 is 0 Å². The van der Waals surface area contributed by atoms with Crippen molar-refractivity contribution in [3.8, 4) is 0 Å². The molecule has 1 aromatic heterocycles. The minimum Gasteiger partial charge on any atom is -0.460 e. The molecule has 2 heterocycles. The molecule has 0 spiro atoms. The van der Waals surface area contributed by atoms with Crippen molar-refractivity contribution >= 4 is 35.0 Å². The van der Waals surface area contributed by atoms with Gasteiger partial charge in [0.1, 0.15) is 11.3 Å².